The van der Waals surface area contributed by atoms with Crippen molar-refractivity contribution in [2.75, 3.05) is 39.8 Å². The molecular formula is C17H33N3O2. The van der Waals surface area contributed by atoms with Crippen molar-refractivity contribution in [3.8, 4) is 0 Å². The molecule has 0 spiro atoms. The van der Waals surface area contributed by atoms with E-state index >= 15 is 0 Å². The molecule has 0 aromatic rings. The molecule has 0 radical (unpaired) electrons. The Morgan fingerprint density at radius 1 is 1.18 bits per heavy atom. The van der Waals surface area contributed by atoms with E-state index in [-0.39, 0.29) is 18.1 Å². The van der Waals surface area contributed by atoms with Gasteiger partial charge in [-0.1, -0.05) is 19.3 Å². The zero-order chi connectivity index (χ0) is 16.0. The first-order valence-corrected chi connectivity index (χ1v) is 8.89. The van der Waals surface area contributed by atoms with E-state index in [1.165, 1.54) is 6.42 Å². The van der Waals surface area contributed by atoms with Crippen molar-refractivity contribution >= 4 is 5.91 Å². The van der Waals surface area contributed by atoms with Crippen LogP contribution in [-0.4, -0.2) is 72.2 Å². The molecule has 1 aliphatic heterocycles. The number of hydrogen-bond donors (Lipinski definition) is 2. The lowest BCUT2D eigenvalue weighted by molar-refractivity contribution is -0.124. The summed E-state index contributed by atoms with van der Waals surface area (Å²) in [6.45, 7) is 6.72. The number of carbonyl (C=O) groups is 1. The normalized spacial score (nSPS) is 24.9. The van der Waals surface area contributed by atoms with Crippen molar-refractivity contribution in [2.24, 2.45) is 0 Å². The number of aliphatic hydroxyl groups is 1. The molecule has 2 fully saturated rings. The number of nitrogens with zero attached hydrogens (tertiary/aromatic N) is 2. The number of aliphatic hydroxyl groups excluding tert-OH is 1. The van der Waals surface area contributed by atoms with Gasteiger partial charge in [0.1, 0.15) is 0 Å². The fourth-order valence-corrected chi connectivity index (χ4v) is 3.69. The number of hydrogen-bond acceptors (Lipinski definition) is 4. The molecule has 1 atom stereocenters. The van der Waals surface area contributed by atoms with Crippen LogP contribution < -0.4 is 5.32 Å². The predicted octanol–water partition coefficient (Wildman–Crippen LogP) is 1.21. The maximum atomic E-state index is 12.3. The number of carbonyl (C=O) groups excluding carboxylic acids is 1. The third kappa shape index (κ3) is 4.93. The molecule has 0 aromatic carbocycles. The van der Waals surface area contributed by atoms with Gasteiger partial charge in [-0.15, -0.1) is 0 Å². The van der Waals surface area contributed by atoms with Crippen LogP contribution in [0.4, 0.5) is 0 Å². The third-order valence-corrected chi connectivity index (χ3v) is 5.47. The highest BCUT2D eigenvalue weighted by Gasteiger charge is 2.32. The lowest BCUT2D eigenvalue weighted by Gasteiger charge is -2.38. The quantitative estimate of drug-likeness (QED) is 0.774. The van der Waals surface area contributed by atoms with Crippen LogP contribution in [0.3, 0.4) is 0 Å². The van der Waals surface area contributed by atoms with Crippen LogP contribution in [-0.2, 0) is 4.79 Å². The van der Waals surface area contributed by atoms with Crippen molar-refractivity contribution in [3.63, 3.8) is 0 Å². The largest absolute Gasteiger partial charge is 0.394 e. The third-order valence-electron chi connectivity index (χ3n) is 5.47. The first kappa shape index (κ1) is 17.7. The summed E-state index contributed by atoms with van der Waals surface area (Å²) in [6, 6.07) is 0.455. The van der Waals surface area contributed by atoms with E-state index < -0.39 is 0 Å². The van der Waals surface area contributed by atoms with Gasteiger partial charge in [-0.25, -0.2) is 0 Å². The summed E-state index contributed by atoms with van der Waals surface area (Å²) in [4.78, 5) is 17.1. The van der Waals surface area contributed by atoms with Crippen molar-refractivity contribution in [1.82, 2.24) is 15.1 Å². The van der Waals surface area contributed by atoms with Crippen LogP contribution in [0.2, 0.25) is 0 Å². The summed E-state index contributed by atoms with van der Waals surface area (Å²) in [6.07, 6.45) is 6.74. The molecule has 2 N–H and O–H groups in total. The minimum atomic E-state index is -0.341. The molecule has 1 saturated carbocycles. The molecule has 1 aliphatic carbocycles. The summed E-state index contributed by atoms with van der Waals surface area (Å²) < 4.78 is 0. The molecule has 2 aliphatic rings. The summed E-state index contributed by atoms with van der Waals surface area (Å²) in [7, 11) is 2.16. The molecule has 0 aromatic heterocycles. The number of rotatable bonds is 6. The number of piperazine rings is 1. The zero-order valence-corrected chi connectivity index (χ0v) is 14.3. The van der Waals surface area contributed by atoms with Gasteiger partial charge in [0, 0.05) is 38.6 Å². The molecule has 1 unspecified atom stereocenters. The van der Waals surface area contributed by atoms with E-state index in [2.05, 4.69) is 29.1 Å². The Bertz CT molecular complexity index is 348. The molecule has 128 valence electrons. The lowest BCUT2D eigenvalue weighted by Crippen LogP contribution is -2.53. The fraction of sp³-hybridized carbons (Fsp3) is 0.941. The van der Waals surface area contributed by atoms with Crippen LogP contribution in [0.1, 0.15) is 51.9 Å². The summed E-state index contributed by atoms with van der Waals surface area (Å²) in [5, 5.41) is 12.8. The topological polar surface area (TPSA) is 55.8 Å². The zero-order valence-electron chi connectivity index (χ0n) is 14.3. The van der Waals surface area contributed by atoms with Crippen LogP contribution >= 0.6 is 0 Å². The monoisotopic (exact) mass is 311 g/mol. The molecule has 1 heterocycles. The molecule has 2 rings (SSSR count). The van der Waals surface area contributed by atoms with Gasteiger partial charge >= 0.3 is 0 Å². The van der Waals surface area contributed by atoms with Gasteiger partial charge in [0.05, 0.1) is 12.1 Å². The van der Waals surface area contributed by atoms with E-state index in [0.717, 1.165) is 58.3 Å². The number of likely N-dealkylation sites (N-methyl/N-ethyl adjacent to an activating group) is 1. The maximum absolute atomic E-state index is 12.3. The highest BCUT2D eigenvalue weighted by atomic mass is 16.3. The van der Waals surface area contributed by atoms with Crippen LogP contribution in [0, 0.1) is 0 Å². The standard InChI is InChI=1S/C17H33N3O2/c1-15(20-12-10-19(2)11-13-20)6-7-16(22)18-17(14-21)8-4-3-5-9-17/h15,21H,3-14H2,1-2H3,(H,18,22). The van der Waals surface area contributed by atoms with Crippen molar-refractivity contribution in [1.29, 1.82) is 0 Å². The summed E-state index contributed by atoms with van der Waals surface area (Å²) in [5.74, 6) is 0.108. The van der Waals surface area contributed by atoms with Gasteiger partial charge in [0.25, 0.3) is 0 Å². The minimum absolute atomic E-state index is 0.0761. The summed E-state index contributed by atoms with van der Waals surface area (Å²) >= 11 is 0. The fourth-order valence-electron chi connectivity index (χ4n) is 3.69. The average molecular weight is 311 g/mol. The second-order valence-corrected chi connectivity index (χ2v) is 7.27. The highest BCUT2D eigenvalue weighted by Crippen LogP contribution is 2.28. The van der Waals surface area contributed by atoms with Crippen LogP contribution in [0.25, 0.3) is 0 Å². The molecule has 5 heteroatoms. The van der Waals surface area contributed by atoms with E-state index in [1.807, 2.05) is 0 Å². The molecular weight excluding hydrogens is 278 g/mol. The van der Waals surface area contributed by atoms with E-state index in [9.17, 15) is 9.90 Å². The van der Waals surface area contributed by atoms with Crippen molar-refractivity contribution in [3.05, 3.63) is 0 Å². The van der Waals surface area contributed by atoms with E-state index in [0.29, 0.717) is 12.5 Å². The van der Waals surface area contributed by atoms with Gasteiger partial charge in [0.2, 0.25) is 5.91 Å². The molecule has 5 nitrogen and oxygen atoms in total. The van der Waals surface area contributed by atoms with Gasteiger partial charge < -0.3 is 15.3 Å². The Morgan fingerprint density at radius 2 is 1.82 bits per heavy atom. The SMILES string of the molecule is CC(CCC(=O)NC1(CO)CCCCC1)N1CCN(C)CC1. The Labute approximate surface area is 135 Å². The number of nitrogens with one attached hydrogen (secondary N) is 1. The Balaban J connectivity index is 1.72. The molecule has 1 amide bonds. The number of amides is 1. The van der Waals surface area contributed by atoms with Crippen LogP contribution in [0.15, 0.2) is 0 Å². The average Bonchev–Trinajstić information content (AvgIpc) is 2.54. The highest BCUT2D eigenvalue weighted by molar-refractivity contribution is 5.76. The van der Waals surface area contributed by atoms with Gasteiger partial charge in [-0.2, -0.15) is 0 Å². The van der Waals surface area contributed by atoms with Gasteiger partial charge in [-0.3, -0.25) is 9.69 Å². The second-order valence-electron chi connectivity index (χ2n) is 7.27. The predicted molar refractivity (Wildman–Crippen MR) is 88.8 cm³/mol. The first-order valence-electron chi connectivity index (χ1n) is 8.89. The first-order chi connectivity index (χ1) is 10.5. The Kier molecular flexibility index (Phi) is 6.66. The lowest BCUT2D eigenvalue weighted by atomic mass is 9.82. The summed E-state index contributed by atoms with van der Waals surface area (Å²) in [5.41, 5.74) is -0.341. The van der Waals surface area contributed by atoms with E-state index in [4.69, 9.17) is 0 Å². The minimum Gasteiger partial charge on any atom is -0.394 e. The van der Waals surface area contributed by atoms with Crippen LogP contribution in [0.5, 0.6) is 0 Å². The Hall–Kier alpha value is -0.650. The Morgan fingerprint density at radius 3 is 2.41 bits per heavy atom. The van der Waals surface area contributed by atoms with Crippen molar-refractivity contribution < 1.29 is 9.90 Å². The van der Waals surface area contributed by atoms with Gasteiger partial charge in [-0.05, 0) is 33.2 Å². The molecule has 1 saturated heterocycles. The van der Waals surface area contributed by atoms with Gasteiger partial charge in [0.15, 0.2) is 0 Å². The molecule has 0 bridgehead atoms. The molecule has 22 heavy (non-hydrogen) atoms. The smallest absolute Gasteiger partial charge is 0.220 e. The maximum Gasteiger partial charge on any atom is 0.220 e. The van der Waals surface area contributed by atoms with E-state index in [1.54, 1.807) is 0 Å². The second kappa shape index (κ2) is 8.27. The van der Waals surface area contributed by atoms with Crippen molar-refractivity contribution in [2.45, 2.75) is 63.5 Å².